The maximum atomic E-state index is 12.2. The second-order valence-electron chi connectivity index (χ2n) is 4.55. The summed E-state index contributed by atoms with van der Waals surface area (Å²) in [6, 6.07) is 8.84. The lowest BCUT2D eigenvalue weighted by Gasteiger charge is -2.16. The van der Waals surface area contributed by atoms with Crippen molar-refractivity contribution in [3.8, 4) is 0 Å². The zero-order valence-corrected chi connectivity index (χ0v) is 11.9. The fraction of sp³-hybridized carbons (Fsp3) is 0.308. The van der Waals surface area contributed by atoms with Crippen molar-refractivity contribution in [2.45, 2.75) is 24.3 Å². The number of H-pyrrole nitrogens is 1. The summed E-state index contributed by atoms with van der Waals surface area (Å²) >= 11 is 0. The van der Waals surface area contributed by atoms with Crippen LogP contribution < -0.4 is 4.72 Å². The highest BCUT2D eigenvalue weighted by atomic mass is 32.2. The third-order valence-electron chi connectivity index (χ3n) is 2.94. The number of aromatic nitrogens is 2. The Morgan fingerprint density at radius 1 is 1.35 bits per heavy atom. The molecule has 3 N–H and O–H groups in total. The molecule has 20 heavy (non-hydrogen) atoms. The van der Waals surface area contributed by atoms with Gasteiger partial charge in [0.1, 0.15) is 4.90 Å². The van der Waals surface area contributed by atoms with Crippen molar-refractivity contribution >= 4 is 10.0 Å². The number of nitrogens with one attached hydrogen (secondary N) is 2. The molecule has 1 aromatic heterocycles. The number of hydrogen-bond donors (Lipinski definition) is 3. The van der Waals surface area contributed by atoms with Gasteiger partial charge in [0, 0.05) is 6.04 Å². The minimum absolute atomic E-state index is 0.101. The van der Waals surface area contributed by atoms with Crippen LogP contribution in [0.3, 0.4) is 0 Å². The number of aliphatic hydroxyl groups excluding tert-OH is 1. The zero-order valence-electron chi connectivity index (χ0n) is 11.1. The molecule has 0 aliphatic rings. The smallest absolute Gasteiger partial charge is 0.244 e. The molecule has 0 spiro atoms. The summed E-state index contributed by atoms with van der Waals surface area (Å²) in [4.78, 5) is 0.101. The van der Waals surface area contributed by atoms with Gasteiger partial charge >= 0.3 is 0 Å². The molecular weight excluding hydrogens is 278 g/mol. The summed E-state index contributed by atoms with van der Waals surface area (Å²) in [6.07, 6.45) is 1.68. The highest BCUT2D eigenvalue weighted by molar-refractivity contribution is 7.89. The van der Waals surface area contributed by atoms with Crippen LogP contribution >= 0.6 is 0 Å². The molecule has 7 heteroatoms. The number of hydrogen-bond acceptors (Lipinski definition) is 4. The molecule has 108 valence electrons. The first kappa shape index (κ1) is 14.7. The van der Waals surface area contributed by atoms with Crippen molar-refractivity contribution in [2.24, 2.45) is 0 Å². The van der Waals surface area contributed by atoms with E-state index in [-0.39, 0.29) is 11.5 Å². The van der Waals surface area contributed by atoms with Crippen LogP contribution in [0.2, 0.25) is 0 Å². The SMILES string of the molecule is Cc1[nH]ncc1S(=O)(=O)NC(CO)Cc1ccccc1. The Hall–Kier alpha value is -1.70. The van der Waals surface area contributed by atoms with Crippen LogP contribution in [0, 0.1) is 6.92 Å². The Morgan fingerprint density at radius 2 is 2.05 bits per heavy atom. The quantitative estimate of drug-likeness (QED) is 0.727. The van der Waals surface area contributed by atoms with Crippen molar-refractivity contribution in [1.82, 2.24) is 14.9 Å². The van der Waals surface area contributed by atoms with E-state index in [4.69, 9.17) is 0 Å². The summed E-state index contributed by atoms with van der Waals surface area (Å²) in [7, 11) is -3.68. The van der Waals surface area contributed by atoms with Crippen LogP contribution in [-0.4, -0.2) is 36.4 Å². The zero-order chi connectivity index (χ0) is 14.6. The van der Waals surface area contributed by atoms with E-state index in [9.17, 15) is 13.5 Å². The molecule has 0 aliphatic carbocycles. The molecular formula is C13H17N3O3S. The van der Waals surface area contributed by atoms with Crippen LogP contribution in [0.15, 0.2) is 41.4 Å². The molecule has 0 fully saturated rings. The van der Waals surface area contributed by atoms with Crippen LogP contribution in [0.5, 0.6) is 0 Å². The standard InChI is InChI=1S/C13H17N3O3S/c1-10-13(8-14-15-10)20(18,19)16-12(9-17)7-11-5-3-2-4-6-11/h2-6,8,12,16-17H,7,9H2,1H3,(H,14,15). The Morgan fingerprint density at radius 3 is 2.60 bits per heavy atom. The van der Waals surface area contributed by atoms with Gasteiger partial charge < -0.3 is 5.11 Å². The number of sulfonamides is 1. The minimum Gasteiger partial charge on any atom is -0.395 e. The predicted octanol–water partition coefficient (Wildman–Crippen LogP) is 0.600. The number of aromatic amines is 1. The maximum absolute atomic E-state index is 12.2. The van der Waals surface area contributed by atoms with Crippen molar-refractivity contribution in [1.29, 1.82) is 0 Å². The van der Waals surface area contributed by atoms with Crippen LogP contribution in [0.4, 0.5) is 0 Å². The Bertz CT molecular complexity index is 653. The second-order valence-corrected chi connectivity index (χ2v) is 6.23. The number of benzene rings is 1. The van der Waals surface area contributed by atoms with Gasteiger partial charge in [-0.2, -0.15) is 5.10 Å². The molecule has 0 saturated carbocycles. The topological polar surface area (TPSA) is 95.1 Å². The summed E-state index contributed by atoms with van der Waals surface area (Å²) in [5.74, 6) is 0. The molecule has 1 heterocycles. The van der Waals surface area contributed by atoms with Gasteiger partial charge in [-0.05, 0) is 18.9 Å². The number of rotatable bonds is 6. The lowest BCUT2D eigenvalue weighted by molar-refractivity contribution is 0.256. The maximum Gasteiger partial charge on any atom is 0.244 e. The van der Waals surface area contributed by atoms with E-state index >= 15 is 0 Å². The average Bonchev–Trinajstić information content (AvgIpc) is 2.86. The molecule has 0 saturated heterocycles. The molecule has 0 bridgehead atoms. The van der Waals surface area contributed by atoms with E-state index in [1.165, 1.54) is 6.20 Å². The number of aryl methyl sites for hydroxylation is 1. The molecule has 2 aromatic rings. The van der Waals surface area contributed by atoms with E-state index < -0.39 is 16.1 Å². The highest BCUT2D eigenvalue weighted by Crippen LogP contribution is 2.12. The van der Waals surface area contributed by atoms with E-state index in [1.807, 2.05) is 30.3 Å². The fourth-order valence-electron chi connectivity index (χ4n) is 1.94. The van der Waals surface area contributed by atoms with Gasteiger partial charge in [-0.15, -0.1) is 0 Å². The Balaban J connectivity index is 2.12. The van der Waals surface area contributed by atoms with Crippen molar-refractivity contribution in [2.75, 3.05) is 6.61 Å². The van der Waals surface area contributed by atoms with Gasteiger partial charge in [0.2, 0.25) is 10.0 Å². The largest absolute Gasteiger partial charge is 0.395 e. The molecule has 0 amide bonds. The van der Waals surface area contributed by atoms with Gasteiger partial charge in [0.25, 0.3) is 0 Å². The van der Waals surface area contributed by atoms with Gasteiger partial charge in [-0.3, -0.25) is 5.10 Å². The van der Waals surface area contributed by atoms with E-state index in [0.717, 1.165) is 5.56 Å². The number of aliphatic hydroxyl groups is 1. The van der Waals surface area contributed by atoms with E-state index in [2.05, 4.69) is 14.9 Å². The minimum atomic E-state index is -3.68. The van der Waals surface area contributed by atoms with Crippen LogP contribution in [-0.2, 0) is 16.4 Å². The molecule has 1 aromatic carbocycles. The van der Waals surface area contributed by atoms with E-state index in [1.54, 1.807) is 6.92 Å². The summed E-state index contributed by atoms with van der Waals surface area (Å²) in [6.45, 7) is 1.36. The lowest BCUT2D eigenvalue weighted by Crippen LogP contribution is -2.39. The van der Waals surface area contributed by atoms with Gasteiger partial charge in [0.15, 0.2) is 0 Å². The Kier molecular flexibility index (Phi) is 4.53. The summed E-state index contributed by atoms with van der Waals surface area (Å²) in [5.41, 5.74) is 1.42. The van der Waals surface area contributed by atoms with E-state index in [0.29, 0.717) is 12.1 Å². The van der Waals surface area contributed by atoms with Crippen molar-refractivity contribution < 1.29 is 13.5 Å². The van der Waals surface area contributed by atoms with Gasteiger partial charge in [-0.25, -0.2) is 13.1 Å². The predicted molar refractivity (Wildman–Crippen MR) is 74.7 cm³/mol. The first-order valence-corrected chi connectivity index (χ1v) is 7.68. The summed E-state index contributed by atoms with van der Waals surface area (Å²) < 4.78 is 26.9. The number of nitrogens with zero attached hydrogens (tertiary/aromatic N) is 1. The molecule has 2 rings (SSSR count). The second kappa shape index (κ2) is 6.17. The highest BCUT2D eigenvalue weighted by Gasteiger charge is 2.22. The fourth-order valence-corrected chi connectivity index (χ4v) is 3.30. The normalized spacial score (nSPS) is 13.3. The van der Waals surface area contributed by atoms with Gasteiger partial charge in [-0.1, -0.05) is 30.3 Å². The molecule has 6 nitrogen and oxygen atoms in total. The molecule has 1 atom stereocenters. The van der Waals surface area contributed by atoms with Crippen LogP contribution in [0.25, 0.3) is 0 Å². The van der Waals surface area contributed by atoms with Crippen molar-refractivity contribution in [3.63, 3.8) is 0 Å². The molecule has 0 aliphatic heterocycles. The third kappa shape index (κ3) is 3.44. The first-order valence-electron chi connectivity index (χ1n) is 6.20. The summed E-state index contributed by atoms with van der Waals surface area (Å²) in [5, 5.41) is 15.6. The third-order valence-corrected chi connectivity index (χ3v) is 4.57. The van der Waals surface area contributed by atoms with Gasteiger partial charge in [0.05, 0.1) is 18.5 Å². The monoisotopic (exact) mass is 295 g/mol. The average molecular weight is 295 g/mol. The molecule has 0 radical (unpaired) electrons. The Labute approximate surface area is 117 Å². The molecule has 1 unspecified atom stereocenters. The first-order chi connectivity index (χ1) is 9.53. The van der Waals surface area contributed by atoms with Crippen molar-refractivity contribution in [3.05, 3.63) is 47.8 Å². The lowest BCUT2D eigenvalue weighted by atomic mass is 10.1. The van der Waals surface area contributed by atoms with Crippen LogP contribution in [0.1, 0.15) is 11.3 Å².